The lowest BCUT2D eigenvalue weighted by Crippen LogP contribution is -2.30. The number of aromatic nitrogens is 4. The Hall–Kier alpha value is -4.55. The maximum Gasteiger partial charge on any atom is 0.419 e. The van der Waals surface area contributed by atoms with Gasteiger partial charge in [-0.2, -0.15) is 18.3 Å². The molecule has 4 rings (SSSR count). The second-order valence-electron chi connectivity index (χ2n) is 8.78. The summed E-state index contributed by atoms with van der Waals surface area (Å²) in [5.41, 5.74) is 7.10. The predicted octanol–water partition coefficient (Wildman–Crippen LogP) is 4.89. The van der Waals surface area contributed by atoms with E-state index in [1.807, 2.05) is 0 Å². The molecule has 10 nitrogen and oxygen atoms in total. The minimum absolute atomic E-state index is 0.179. The van der Waals surface area contributed by atoms with E-state index in [4.69, 9.17) is 19.9 Å². The highest BCUT2D eigenvalue weighted by Gasteiger charge is 2.34. The Morgan fingerprint density at radius 1 is 1.13 bits per heavy atom. The topological polar surface area (TPSA) is 126 Å². The number of carbonyl (C=O) groups excluding carboxylic acids is 1. The minimum Gasteiger partial charge on any atom is -0.493 e. The fourth-order valence-electron chi connectivity index (χ4n) is 3.88. The molecule has 1 aromatic carbocycles. The zero-order valence-corrected chi connectivity index (χ0v) is 21.7. The van der Waals surface area contributed by atoms with E-state index in [1.54, 1.807) is 51.1 Å². The standard InChI is InChI=1S/C26H27F3N6O4/c1-14(2)39-25(36)31-9-10-38-20-7-5-16(12-21(20)37-4)19-6-8-22-33-15(3)23(35(22)34-19)17-11-18(26(27,28)29)24(30)32-13-17/h5-8,11-14H,9-10H2,1-4H3,(H2,30,32)(H,31,36). The lowest BCUT2D eigenvalue weighted by Gasteiger charge is -2.13. The van der Waals surface area contributed by atoms with Crippen LogP contribution in [0.15, 0.2) is 42.6 Å². The first-order valence-electron chi connectivity index (χ1n) is 11.9. The summed E-state index contributed by atoms with van der Waals surface area (Å²) < 4.78 is 58.0. The fraction of sp³-hybridized carbons (Fsp3) is 0.308. The van der Waals surface area contributed by atoms with Gasteiger partial charge in [-0.3, -0.25) is 0 Å². The van der Waals surface area contributed by atoms with Gasteiger partial charge >= 0.3 is 12.3 Å². The predicted molar refractivity (Wildman–Crippen MR) is 137 cm³/mol. The monoisotopic (exact) mass is 544 g/mol. The van der Waals surface area contributed by atoms with Crippen LogP contribution in [0.25, 0.3) is 28.2 Å². The van der Waals surface area contributed by atoms with Crippen LogP contribution in [-0.2, 0) is 10.9 Å². The minimum atomic E-state index is -4.66. The van der Waals surface area contributed by atoms with Crippen LogP contribution in [0, 0.1) is 6.92 Å². The Labute approximate surface area is 221 Å². The van der Waals surface area contributed by atoms with Crippen LogP contribution >= 0.6 is 0 Å². The molecule has 0 spiro atoms. The van der Waals surface area contributed by atoms with E-state index in [0.29, 0.717) is 39.8 Å². The average Bonchev–Trinajstić information content (AvgIpc) is 3.20. The number of hydrogen-bond donors (Lipinski definition) is 2. The molecule has 3 heterocycles. The fourth-order valence-corrected chi connectivity index (χ4v) is 3.88. The molecule has 0 radical (unpaired) electrons. The van der Waals surface area contributed by atoms with Crippen molar-refractivity contribution in [2.75, 3.05) is 26.0 Å². The number of nitrogen functional groups attached to an aromatic ring is 1. The smallest absolute Gasteiger partial charge is 0.419 e. The van der Waals surface area contributed by atoms with Crippen LogP contribution in [-0.4, -0.2) is 52.0 Å². The highest BCUT2D eigenvalue weighted by Crippen LogP contribution is 2.36. The molecule has 13 heteroatoms. The first-order chi connectivity index (χ1) is 18.5. The number of carbonyl (C=O) groups is 1. The molecule has 4 aromatic rings. The van der Waals surface area contributed by atoms with Gasteiger partial charge in [0.2, 0.25) is 0 Å². The zero-order chi connectivity index (χ0) is 28.3. The second-order valence-corrected chi connectivity index (χ2v) is 8.78. The number of rotatable bonds is 8. The highest BCUT2D eigenvalue weighted by atomic mass is 19.4. The van der Waals surface area contributed by atoms with Crippen molar-refractivity contribution in [2.24, 2.45) is 0 Å². The van der Waals surface area contributed by atoms with Gasteiger partial charge in [-0.1, -0.05) is 0 Å². The van der Waals surface area contributed by atoms with E-state index in [1.165, 1.54) is 17.8 Å². The van der Waals surface area contributed by atoms with Gasteiger partial charge in [0, 0.05) is 17.3 Å². The van der Waals surface area contributed by atoms with Crippen LogP contribution in [0.3, 0.4) is 0 Å². The van der Waals surface area contributed by atoms with Crippen LogP contribution in [0.1, 0.15) is 25.1 Å². The lowest BCUT2D eigenvalue weighted by atomic mass is 10.1. The number of nitrogens with zero attached hydrogens (tertiary/aromatic N) is 4. The van der Waals surface area contributed by atoms with E-state index in [2.05, 4.69) is 20.4 Å². The van der Waals surface area contributed by atoms with Crippen molar-refractivity contribution in [2.45, 2.75) is 33.1 Å². The van der Waals surface area contributed by atoms with Crippen LogP contribution in [0.5, 0.6) is 11.5 Å². The molecule has 0 atom stereocenters. The number of aryl methyl sites for hydroxylation is 1. The Bertz CT molecular complexity index is 1500. The van der Waals surface area contributed by atoms with Gasteiger partial charge in [0.15, 0.2) is 17.1 Å². The molecule has 0 fully saturated rings. The Morgan fingerprint density at radius 2 is 1.90 bits per heavy atom. The van der Waals surface area contributed by atoms with Crippen molar-refractivity contribution in [3.05, 3.63) is 53.9 Å². The van der Waals surface area contributed by atoms with Gasteiger partial charge in [-0.25, -0.2) is 19.3 Å². The van der Waals surface area contributed by atoms with Crippen molar-refractivity contribution < 1.29 is 32.2 Å². The third-order valence-electron chi connectivity index (χ3n) is 5.58. The molecule has 206 valence electrons. The first kappa shape index (κ1) is 27.5. The van der Waals surface area contributed by atoms with E-state index in [-0.39, 0.29) is 24.8 Å². The summed E-state index contributed by atoms with van der Waals surface area (Å²) in [6.45, 7) is 5.60. The molecule has 3 N–H and O–H groups in total. The summed E-state index contributed by atoms with van der Waals surface area (Å²) >= 11 is 0. The van der Waals surface area contributed by atoms with Gasteiger partial charge in [0.1, 0.15) is 12.4 Å². The first-order valence-corrected chi connectivity index (χ1v) is 11.9. The molecule has 0 aliphatic rings. The summed E-state index contributed by atoms with van der Waals surface area (Å²) in [7, 11) is 1.49. The maximum atomic E-state index is 13.4. The van der Waals surface area contributed by atoms with Gasteiger partial charge in [-0.05, 0) is 57.2 Å². The molecule has 0 aliphatic carbocycles. The van der Waals surface area contributed by atoms with Crippen molar-refractivity contribution in [3.63, 3.8) is 0 Å². The molecule has 0 saturated heterocycles. The van der Waals surface area contributed by atoms with Crippen molar-refractivity contribution in [3.8, 4) is 34.0 Å². The third kappa shape index (κ3) is 6.13. The lowest BCUT2D eigenvalue weighted by molar-refractivity contribution is -0.137. The summed E-state index contributed by atoms with van der Waals surface area (Å²) in [5.74, 6) is 0.277. The molecular weight excluding hydrogens is 517 g/mol. The van der Waals surface area contributed by atoms with Gasteiger partial charge in [0.05, 0.1) is 42.4 Å². The summed E-state index contributed by atoms with van der Waals surface area (Å²) in [4.78, 5) is 19.8. The zero-order valence-electron chi connectivity index (χ0n) is 21.7. The quantitative estimate of drug-likeness (QED) is 0.301. The molecule has 3 aromatic heterocycles. The summed E-state index contributed by atoms with van der Waals surface area (Å²) in [6.07, 6.45) is -4.15. The number of methoxy groups -OCH3 is 1. The number of halogens is 3. The molecule has 0 aliphatic heterocycles. The van der Waals surface area contributed by atoms with Gasteiger partial charge in [0.25, 0.3) is 0 Å². The van der Waals surface area contributed by atoms with Crippen LogP contribution < -0.4 is 20.5 Å². The number of alkyl halides is 3. The SMILES string of the molecule is COc1cc(-c2ccc3nc(C)c(-c4cnc(N)c(C(F)(F)F)c4)n3n2)ccc1OCCNC(=O)OC(C)C. The summed E-state index contributed by atoms with van der Waals surface area (Å²) in [5, 5.41) is 7.23. The van der Waals surface area contributed by atoms with E-state index >= 15 is 0 Å². The Kier molecular flexibility index (Phi) is 7.79. The van der Waals surface area contributed by atoms with E-state index < -0.39 is 23.7 Å². The van der Waals surface area contributed by atoms with Crippen molar-refractivity contribution in [1.82, 2.24) is 24.9 Å². The molecule has 1 amide bonds. The van der Waals surface area contributed by atoms with E-state index in [0.717, 1.165) is 6.07 Å². The highest BCUT2D eigenvalue weighted by molar-refractivity contribution is 5.70. The van der Waals surface area contributed by atoms with Gasteiger partial charge in [-0.15, -0.1) is 0 Å². The number of imidazole rings is 1. The molecule has 39 heavy (non-hydrogen) atoms. The van der Waals surface area contributed by atoms with Crippen LogP contribution in [0.2, 0.25) is 0 Å². The van der Waals surface area contributed by atoms with Gasteiger partial charge < -0.3 is 25.3 Å². The third-order valence-corrected chi connectivity index (χ3v) is 5.58. The molecule has 0 unspecified atom stereocenters. The second kappa shape index (κ2) is 11.1. The number of nitrogens with one attached hydrogen (secondary N) is 1. The number of amides is 1. The largest absolute Gasteiger partial charge is 0.493 e. The number of nitrogens with two attached hydrogens (primary N) is 1. The number of anilines is 1. The maximum absolute atomic E-state index is 13.4. The Balaban J connectivity index is 1.61. The average molecular weight is 545 g/mol. The van der Waals surface area contributed by atoms with Crippen LogP contribution in [0.4, 0.5) is 23.8 Å². The number of benzene rings is 1. The normalized spacial score (nSPS) is 11.6. The number of alkyl carbamates (subject to hydrolysis) is 1. The number of pyridine rings is 1. The Morgan fingerprint density at radius 3 is 2.59 bits per heavy atom. The summed E-state index contributed by atoms with van der Waals surface area (Å²) in [6, 6.07) is 9.59. The van der Waals surface area contributed by atoms with E-state index in [9.17, 15) is 18.0 Å². The molecule has 0 bridgehead atoms. The number of ether oxygens (including phenoxy) is 3. The van der Waals surface area contributed by atoms with Crippen molar-refractivity contribution in [1.29, 1.82) is 0 Å². The molecule has 0 saturated carbocycles. The molecular formula is C26H27F3N6O4. The number of fused-ring (bicyclic) bond motifs is 1. The van der Waals surface area contributed by atoms with Crippen molar-refractivity contribution >= 4 is 17.6 Å². The number of hydrogen-bond acceptors (Lipinski definition) is 8.